The largest absolute Gasteiger partial charge is 0.450 e. The maximum absolute atomic E-state index is 13.9. The van der Waals surface area contributed by atoms with Crippen LogP contribution in [0.2, 0.25) is 0 Å². The molecule has 1 aromatic heterocycles. The van der Waals surface area contributed by atoms with Gasteiger partial charge in [0.05, 0.1) is 5.69 Å². The molecule has 134 valence electrons. The summed E-state index contributed by atoms with van der Waals surface area (Å²) in [6.45, 7) is 2.21. The van der Waals surface area contributed by atoms with Crippen LogP contribution < -0.4 is 5.32 Å². The van der Waals surface area contributed by atoms with Crippen LogP contribution in [0.15, 0.2) is 77.2 Å². The van der Waals surface area contributed by atoms with E-state index in [9.17, 15) is 9.18 Å². The van der Waals surface area contributed by atoms with Crippen molar-refractivity contribution in [3.05, 3.63) is 101 Å². The van der Waals surface area contributed by atoms with E-state index < -0.39 is 5.82 Å². The Balaban J connectivity index is 1.75. The minimum atomic E-state index is -0.407. The molecule has 0 radical (unpaired) electrons. The van der Waals surface area contributed by atoms with Gasteiger partial charge in [0.25, 0.3) is 0 Å². The molecular weight excluding hydrogens is 341 g/mol. The summed E-state index contributed by atoms with van der Waals surface area (Å²) < 4.78 is 19.8. The van der Waals surface area contributed by atoms with E-state index in [-0.39, 0.29) is 17.1 Å². The Kier molecular flexibility index (Phi) is 4.47. The molecule has 4 aromatic rings. The van der Waals surface area contributed by atoms with Gasteiger partial charge < -0.3 is 9.73 Å². The van der Waals surface area contributed by atoms with Crippen LogP contribution >= 0.6 is 0 Å². The van der Waals surface area contributed by atoms with Crippen LogP contribution in [0.25, 0.3) is 11.0 Å². The number of ketones is 1. The molecule has 27 heavy (non-hydrogen) atoms. The summed E-state index contributed by atoms with van der Waals surface area (Å²) in [5, 5.41) is 4.14. The highest BCUT2D eigenvalue weighted by atomic mass is 19.1. The number of carbonyl (C=O) groups excluding carboxylic acids is 1. The van der Waals surface area contributed by atoms with Crippen molar-refractivity contribution in [2.75, 3.05) is 5.32 Å². The van der Waals surface area contributed by atoms with Gasteiger partial charge in [0.1, 0.15) is 11.4 Å². The lowest BCUT2D eigenvalue weighted by Crippen LogP contribution is -2.07. The highest BCUT2D eigenvalue weighted by molar-refractivity contribution is 6.14. The maximum Gasteiger partial charge on any atom is 0.230 e. The molecule has 0 aliphatic heterocycles. The van der Waals surface area contributed by atoms with E-state index >= 15 is 0 Å². The molecule has 0 amide bonds. The minimum absolute atomic E-state index is 0.190. The molecule has 0 aliphatic carbocycles. The first kappa shape index (κ1) is 17.0. The van der Waals surface area contributed by atoms with Crippen LogP contribution in [-0.4, -0.2) is 5.78 Å². The van der Waals surface area contributed by atoms with Gasteiger partial charge in [0, 0.05) is 17.5 Å². The van der Waals surface area contributed by atoms with Gasteiger partial charge in [0.15, 0.2) is 5.76 Å². The summed E-state index contributed by atoms with van der Waals surface area (Å²) in [5.41, 5.74) is 3.09. The molecule has 4 heteroatoms. The third-order valence-electron chi connectivity index (χ3n) is 4.55. The lowest BCUT2D eigenvalue weighted by Gasteiger charge is -2.08. The monoisotopic (exact) mass is 359 g/mol. The first-order valence-corrected chi connectivity index (χ1v) is 8.73. The number of halogens is 1. The third kappa shape index (κ3) is 3.34. The lowest BCUT2D eigenvalue weighted by molar-refractivity contribution is 0.101. The van der Waals surface area contributed by atoms with Crippen molar-refractivity contribution in [2.45, 2.75) is 13.5 Å². The Morgan fingerprint density at radius 3 is 2.52 bits per heavy atom. The van der Waals surface area contributed by atoms with E-state index in [1.807, 2.05) is 54.6 Å². The van der Waals surface area contributed by atoms with Crippen molar-refractivity contribution >= 4 is 22.4 Å². The number of furan rings is 1. The summed E-state index contributed by atoms with van der Waals surface area (Å²) in [4.78, 5) is 13.0. The number of fused-ring (bicyclic) bond motifs is 1. The van der Waals surface area contributed by atoms with E-state index in [4.69, 9.17) is 4.42 Å². The van der Waals surface area contributed by atoms with Crippen LogP contribution in [0.1, 0.15) is 27.2 Å². The summed E-state index contributed by atoms with van der Waals surface area (Å²) in [5.74, 6) is -0.563. The fourth-order valence-electron chi connectivity index (χ4n) is 3.03. The molecule has 0 bridgehead atoms. The van der Waals surface area contributed by atoms with E-state index in [2.05, 4.69) is 5.32 Å². The minimum Gasteiger partial charge on any atom is -0.450 e. The SMILES string of the molecule is Cc1ccc(C(=O)c2oc3ccccc3c2NCc2ccccc2)cc1F. The van der Waals surface area contributed by atoms with Gasteiger partial charge in [-0.05, 0) is 36.2 Å². The number of benzene rings is 3. The number of hydrogen-bond acceptors (Lipinski definition) is 3. The topological polar surface area (TPSA) is 42.2 Å². The third-order valence-corrected chi connectivity index (χ3v) is 4.55. The number of nitrogens with one attached hydrogen (secondary N) is 1. The van der Waals surface area contributed by atoms with E-state index in [0.29, 0.717) is 23.4 Å². The first-order chi connectivity index (χ1) is 13.1. The summed E-state index contributed by atoms with van der Waals surface area (Å²) in [6, 6.07) is 21.8. The van der Waals surface area contributed by atoms with E-state index in [1.54, 1.807) is 19.1 Å². The van der Waals surface area contributed by atoms with Crippen molar-refractivity contribution in [3.8, 4) is 0 Å². The summed E-state index contributed by atoms with van der Waals surface area (Å²) in [6.07, 6.45) is 0. The van der Waals surface area contributed by atoms with Gasteiger partial charge in [-0.3, -0.25) is 4.79 Å². The molecule has 1 heterocycles. The normalized spacial score (nSPS) is 10.9. The zero-order chi connectivity index (χ0) is 18.8. The van der Waals surface area contributed by atoms with Crippen molar-refractivity contribution in [1.82, 2.24) is 0 Å². The number of anilines is 1. The predicted molar refractivity (Wildman–Crippen MR) is 105 cm³/mol. The average molecular weight is 359 g/mol. The summed E-state index contributed by atoms with van der Waals surface area (Å²) >= 11 is 0. The molecule has 0 fully saturated rings. The number of hydrogen-bond donors (Lipinski definition) is 1. The van der Waals surface area contributed by atoms with E-state index in [0.717, 1.165) is 10.9 Å². The predicted octanol–water partition coefficient (Wildman–Crippen LogP) is 5.72. The summed E-state index contributed by atoms with van der Waals surface area (Å²) in [7, 11) is 0. The molecular formula is C23H18FNO2. The quantitative estimate of drug-likeness (QED) is 0.463. The van der Waals surface area contributed by atoms with Gasteiger partial charge in [-0.2, -0.15) is 0 Å². The second kappa shape index (κ2) is 7.08. The van der Waals surface area contributed by atoms with Gasteiger partial charge >= 0.3 is 0 Å². The molecule has 4 rings (SSSR count). The van der Waals surface area contributed by atoms with Crippen LogP contribution in [-0.2, 0) is 6.54 Å². The molecule has 0 saturated carbocycles. The number of rotatable bonds is 5. The zero-order valence-electron chi connectivity index (χ0n) is 14.8. The molecule has 0 aliphatic rings. The van der Waals surface area contributed by atoms with E-state index in [1.165, 1.54) is 6.07 Å². The highest BCUT2D eigenvalue weighted by Crippen LogP contribution is 2.33. The van der Waals surface area contributed by atoms with Gasteiger partial charge in [0.2, 0.25) is 5.78 Å². The molecule has 0 unspecified atom stereocenters. The molecule has 0 saturated heterocycles. The van der Waals surface area contributed by atoms with Gasteiger partial charge in [-0.25, -0.2) is 4.39 Å². The highest BCUT2D eigenvalue weighted by Gasteiger charge is 2.22. The zero-order valence-corrected chi connectivity index (χ0v) is 14.8. The Bertz CT molecular complexity index is 1120. The van der Waals surface area contributed by atoms with Crippen LogP contribution in [0, 0.1) is 12.7 Å². The second-order valence-electron chi connectivity index (χ2n) is 6.43. The number of aryl methyl sites for hydroxylation is 1. The Morgan fingerprint density at radius 1 is 1.00 bits per heavy atom. The molecule has 0 atom stereocenters. The van der Waals surface area contributed by atoms with Crippen molar-refractivity contribution in [2.24, 2.45) is 0 Å². The second-order valence-corrected chi connectivity index (χ2v) is 6.43. The molecule has 3 aromatic carbocycles. The van der Waals surface area contributed by atoms with Crippen LogP contribution in [0.5, 0.6) is 0 Å². The molecule has 0 spiro atoms. The first-order valence-electron chi connectivity index (χ1n) is 8.73. The Labute approximate surface area is 156 Å². The number of para-hydroxylation sites is 1. The van der Waals surface area contributed by atoms with Gasteiger partial charge in [-0.1, -0.05) is 54.6 Å². The maximum atomic E-state index is 13.9. The fraction of sp³-hybridized carbons (Fsp3) is 0.0870. The fourth-order valence-corrected chi connectivity index (χ4v) is 3.03. The van der Waals surface area contributed by atoms with Gasteiger partial charge in [-0.15, -0.1) is 0 Å². The lowest BCUT2D eigenvalue weighted by atomic mass is 10.0. The smallest absolute Gasteiger partial charge is 0.230 e. The van der Waals surface area contributed by atoms with Crippen molar-refractivity contribution in [1.29, 1.82) is 0 Å². The average Bonchev–Trinajstić information content (AvgIpc) is 3.07. The van der Waals surface area contributed by atoms with Crippen LogP contribution in [0.4, 0.5) is 10.1 Å². The van der Waals surface area contributed by atoms with Crippen molar-refractivity contribution < 1.29 is 13.6 Å². The van der Waals surface area contributed by atoms with Crippen LogP contribution in [0.3, 0.4) is 0 Å². The molecule has 1 N–H and O–H groups in total. The Hall–Kier alpha value is -3.40. The molecule has 3 nitrogen and oxygen atoms in total. The Morgan fingerprint density at radius 2 is 1.74 bits per heavy atom. The number of carbonyl (C=O) groups is 1. The van der Waals surface area contributed by atoms with Crippen molar-refractivity contribution in [3.63, 3.8) is 0 Å². The standard InChI is InChI=1S/C23H18FNO2/c1-15-11-12-17(13-19(15)24)22(26)23-21(18-9-5-6-10-20(18)27-23)25-14-16-7-3-2-4-8-16/h2-13,25H,14H2,1H3.